The van der Waals surface area contributed by atoms with Gasteiger partial charge in [-0.15, -0.1) is 0 Å². The molecule has 1 aromatic carbocycles. The smallest absolute Gasteiger partial charge is 0.293 e. The number of nitrogens with zero attached hydrogens (tertiary/aromatic N) is 2. The van der Waals surface area contributed by atoms with Crippen molar-refractivity contribution in [1.82, 2.24) is 4.90 Å². The van der Waals surface area contributed by atoms with Gasteiger partial charge in [-0.05, 0) is 12.1 Å². The molecule has 0 amide bonds. The fraction of sp³-hybridized carbons (Fsp3) is 0.385. The highest BCUT2D eigenvalue weighted by Crippen LogP contribution is 2.31. The molecule has 0 radical (unpaired) electrons. The van der Waals surface area contributed by atoms with Gasteiger partial charge in [0.1, 0.15) is 18.6 Å². The Hall–Kier alpha value is -1.76. The largest absolute Gasteiger partial charge is 0.498 e. The number of anilines is 1. The highest BCUT2D eigenvalue weighted by molar-refractivity contribution is 9.10. The molecule has 0 spiro atoms. The number of nitrogens with one attached hydrogen (secondary N) is 1. The summed E-state index contributed by atoms with van der Waals surface area (Å²) in [6.07, 6.45) is 2.62. The summed E-state index contributed by atoms with van der Waals surface area (Å²) in [6.45, 7) is 2.43. The molecule has 3 rings (SSSR count). The molecule has 1 aromatic rings. The van der Waals surface area contributed by atoms with E-state index >= 15 is 0 Å². The Labute approximate surface area is 124 Å². The second-order valence-electron chi connectivity index (χ2n) is 4.89. The molecule has 1 N–H and O–H groups in total. The number of hydrogen-bond donors (Lipinski definition) is 1. The predicted octanol–water partition coefficient (Wildman–Crippen LogP) is 2.72. The summed E-state index contributed by atoms with van der Waals surface area (Å²) >= 11 is 3.26. The van der Waals surface area contributed by atoms with Gasteiger partial charge in [0.05, 0.1) is 17.2 Å². The van der Waals surface area contributed by atoms with Gasteiger partial charge in [0.15, 0.2) is 0 Å². The molecule has 20 heavy (non-hydrogen) atoms. The number of nitro groups is 1. The van der Waals surface area contributed by atoms with Crippen molar-refractivity contribution in [2.75, 3.05) is 25.0 Å². The summed E-state index contributed by atoms with van der Waals surface area (Å²) < 4.78 is 6.02. The van der Waals surface area contributed by atoms with Crippen molar-refractivity contribution in [3.63, 3.8) is 0 Å². The number of fused-ring (bicyclic) bond motifs is 1. The maximum absolute atomic E-state index is 11.1. The van der Waals surface area contributed by atoms with E-state index in [0.717, 1.165) is 25.2 Å². The van der Waals surface area contributed by atoms with Gasteiger partial charge in [-0.1, -0.05) is 15.9 Å². The van der Waals surface area contributed by atoms with Gasteiger partial charge < -0.3 is 15.0 Å². The number of hydrogen-bond acceptors (Lipinski definition) is 5. The van der Waals surface area contributed by atoms with Gasteiger partial charge >= 0.3 is 0 Å². The Morgan fingerprint density at radius 3 is 3.10 bits per heavy atom. The van der Waals surface area contributed by atoms with Gasteiger partial charge in [0.25, 0.3) is 5.69 Å². The first-order valence-electron chi connectivity index (χ1n) is 6.39. The second kappa shape index (κ2) is 5.32. The van der Waals surface area contributed by atoms with Crippen LogP contribution in [0.4, 0.5) is 11.4 Å². The van der Waals surface area contributed by atoms with Crippen LogP contribution in [0.25, 0.3) is 0 Å². The lowest BCUT2D eigenvalue weighted by Gasteiger charge is -2.23. The lowest BCUT2D eigenvalue weighted by Crippen LogP contribution is -2.30. The summed E-state index contributed by atoms with van der Waals surface area (Å²) in [5, 5.41) is 14.4. The first-order chi connectivity index (χ1) is 9.63. The summed E-state index contributed by atoms with van der Waals surface area (Å²) in [5.74, 6) is 0. The van der Waals surface area contributed by atoms with Crippen LogP contribution in [0.2, 0.25) is 0 Å². The first kappa shape index (κ1) is 13.2. The molecular formula is C13H14BrN3O3. The quantitative estimate of drug-likeness (QED) is 0.677. The highest BCUT2D eigenvalue weighted by atomic mass is 79.9. The molecule has 0 aromatic heterocycles. The maximum atomic E-state index is 11.1. The third kappa shape index (κ3) is 2.58. The van der Waals surface area contributed by atoms with E-state index in [1.165, 1.54) is 6.07 Å². The van der Waals surface area contributed by atoms with Gasteiger partial charge in [-0.3, -0.25) is 10.1 Å². The number of halogens is 1. The molecule has 1 atom stereocenters. The number of nitro benzene ring substituents is 1. The van der Waals surface area contributed by atoms with Crippen molar-refractivity contribution in [1.29, 1.82) is 0 Å². The lowest BCUT2D eigenvalue weighted by molar-refractivity contribution is -0.384. The Balaban J connectivity index is 1.77. The van der Waals surface area contributed by atoms with Crippen molar-refractivity contribution in [2.45, 2.75) is 12.5 Å². The molecule has 2 aliphatic heterocycles. The number of rotatable bonds is 3. The Morgan fingerprint density at radius 2 is 2.35 bits per heavy atom. The van der Waals surface area contributed by atoms with Crippen molar-refractivity contribution in [3.05, 3.63) is 44.7 Å². The minimum absolute atomic E-state index is 0.0921. The van der Waals surface area contributed by atoms with Crippen molar-refractivity contribution in [2.24, 2.45) is 0 Å². The van der Waals surface area contributed by atoms with E-state index in [1.807, 2.05) is 0 Å². The average Bonchev–Trinajstić information content (AvgIpc) is 2.82. The second-order valence-corrected chi connectivity index (χ2v) is 5.81. The zero-order chi connectivity index (χ0) is 14.1. The van der Waals surface area contributed by atoms with Gasteiger partial charge in [-0.2, -0.15) is 0 Å². The molecule has 0 aliphatic carbocycles. The van der Waals surface area contributed by atoms with Crippen LogP contribution >= 0.6 is 15.9 Å². The molecule has 1 saturated heterocycles. The molecule has 0 unspecified atom stereocenters. The molecular weight excluding hydrogens is 326 g/mol. The van der Waals surface area contributed by atoms with Crippen LogP contribution < -0.4 is 5.32 Å². The van der Waals surface area contributed by atoms with E-state index in [9.17, 15) is 10.1 Å². The van der Waals surface area contributed by atoms with Gasteiger partial charge in [0.2, 0.25) is 0 Å². The SMILES string of the molecule is O=[N+]([O-])c1cc(Br)ccc1N[C@H]1CC2=COCCN2C1. The van der Waals surface area contributed by atoms with Crippen LogP contribution in [0.3, 0.4) is 0 Å². The first-order valence-corrected chi connectivity index (χ1v) is 7.19. The zero-order valence-corrected chi connectivity index (χ0v) is 12.3. The van der Waals surface area contributed by atoms with Crippen LogP contribution in [0.1, 0.15) is 6.42 Å². The fourth-order valence-corrected chi connectivity index (χ4v) is 2.95. The normalized spacial score (nSPS) is 20.9. The summed E-state index contributed by atoms with van der Waals surface area (Å²) in [7, 11) is 0. The summed E-state index contributed by atoms with van der Waals surface area (Å²) in [6, 6.07) is 5.24. The number of benzene rings is 1. The molecule has 2 aliphatic rings. The molecule has 0 saturated carbocycles. The van der Waals surface area contributed by atoms with E-state index in [2.05, 4.69) is 26.1 Å². The van der Waals surface area contributed by atoms with E-state index in [0.29, 0.717) is 16.8 Å². The molecule has 106 valence electrons. The van der Waals surface area contributed by atoms with Gasteiger partial charge in [-0.25, -0.2) is 0 Å². The molecule has 7 heteroatoms. The van der Waals surface area contributed by atoms with Crippen molar-refractivity contribution < 1.29 is 9.66 Å². The van der Waals surface area contributed by atoms with Crippen LogP contribution in [0.15, 0.2) is 34.6 Å². The number of ether oxygens (including phenoxy) is 1. The van der Waals surface area contributed by atoms with E-state index < -0.39 is 0 Å². The minimum atomic E-state index is -0.363. The lowest BCUT2D eigenvalue weighted by atomic mass is 10.2. The van der Waals surface area contributed by atoms with Crippen LogP contribution in [-0.2, 0) is 4.74 Å². The molecule has 2 heterocycles. The van der Waals surface area contributed by atoms with Crippen LogP contribution in [-0.4, -0.2) is 35.6 Å². The summed E-state index contributed by atoms with van der Waals surface area (Å²) in [4.78, 5) is 13.0. The monoisotopic (exact) mass is 339 g/mol. The minimum Gasteiger partial charge on any atom is -0.498 e. The van der Waals surface area contributed by atoms with E-state index in [4.69, 9.17) is 4.74 Å². The standard InChI is InChI=1S/C13H14BrN3O3/c14-9-1-2-12(13(5-9)17(18)19)15-10-6-11-8-20-4-3-16(11)7-10/h1-2,5,8,10,15H,3-4,6-7H2/t10-/m0/s1. The summed E-state index contributed by atoms with van der Waals surface area (Å²) in [5.41, 5.74) is 1.81. The topological polar surface area (TPSA) is 67.6 Å². The van der Waals surface area contributed by atoms with E-state index in [1.54, 1.807) is 18.4 Å². The third-order valence-corrected chi connectivity index (χ3v) is 4.01. The van der Waals surface area contributed by atoms with Crippen molar-refractivity contribution >= 4 is 27.3 Å². The Kier molecular flexibility index (Phi) is 3.52. The third-order valence-electron chi connectivity index (χ3n) is 3.52. The van der Waals surface area contributed by atoms with Crippen LogP contribution in [0, 0.1) is 10.1 Å². The maximum Gasteiger partial charge on any atom is 0.293 e. The highest BCUT2D eigenvalue weighted by Gasteiger charge is 2.29. The Bertz CT molecular complexity index is 576. The molecule has 0 bridgehead atoms. The van der Waals surface area contributed by atoms with E-state index in [-0.39, 0.29) is 16.7 Å². The van der Waals surface area contributed by atoms with Gasteiger partial charge in [0, 0.05) is 29.5 Å². The fourth-order valence-electron chi connectivity index (χ4n) is 2.60. The predicted molar refractivity (Wildman–Crippen MR) is 78.4 cm³/mol. The van der Waals surface area contributed by atoms with Crippen molar-refractivity contribution in [3.8, 4) is 0 Å². The Morgan fingerprint density at radius 1 is 1.50 bits per heavy atom. The molecule has 6 nitrogen and oxygen atoms in total. The van der Waals surface area contributed by atoms with Crippen LogP contribution in [0.5, 0.6) is 0 Å². The average molecular weight is 340 g/mol. The zero-order valence-electron chi connectivity index (χ0n) is 10.7. The molecule has 1 fully saturated rings.